The van der Waals surface area contributed by atoms with Gasteiger partial charge in [-0.05, 0) is 13.0 Å². The molecule has 0 amide bonds. The molecule has 4 nitrogen and oxygen atoms in total. The molecule has 0 radical (unpaired) electrons. The minimum atomic E-state index is 0.223. The lowest BCUT2D eigenvalue weighted by Gasteiger charge is -2.13. The van der Waals surface area contributed by atoms with Gasteiger partial charge >= 0.3 is 0 Å². The molecule has 2 atom stereocenters. The highest BCUT2D eigenvalue weighted by Gasteiger charge is 2.21. The Morgan fingerprint density at radius 3 is 3.00 bits per heavy atom. The third-order valence-electron chi connectivity index (χ3n) is 3.39. The molecule has 2 aromatic heterocycles. The van der Waals surface area contributed by atoms with Crippen molar-refractivity contribution in [3.8, 4) is 0 Å². The van der Waals surface area contributed by atoms with Gasteiger partial charge in [-0.3, -0.25) is 0 Å². The molecule has 0 aliphatic heterocycles. The highest BCUT2D eigenvalue weighted by molar-refractivity contribution is 5.78. The SMILES string of the molecule is CO[C@@H]1C=C[C@H](n2ccc3c(C)ncnc32)C1. The Morgan fingerprint density at radius 2 is 2.24 bits per heavy atom. The molecule has 0 fully saturated rings. The number of hydrogen-bond donors (Lipinski definition) is 0. The zero-order valence-corrected chi connectivity index (χ0v) is 10.00. The Bertz CT molecular complexity index is 573. The van der Waals surface area contributed by atoms with Gasteiger partial charge in [-0.2, -0.15) is 0 Å². The Hall–Kier alpha value is -1.68. The van der Waals surface area contributed by atoms with Gasteiger partial charge in [-0.1, -0.05) is 12.2 Å². The molecule has 0 bridgehead atoms. The van der Waals surface area contributed by atoms with E-state index in [-0.39, 0.29) is 6.10 Å². The van der Waals surface area contributed by atoms with Crippen molar-refractivity contribution in [1.82, 2.24) is 14.5 Å². The van der Waals surface area contributed by atoms with Crippen LogP contribution in [0.2, 0.25) is 0 Å². The molecule has 3 rings (SSSR count). The van der Waals surface area contributed by atoms with E-state index < -0.39 is 0 Å². The van der Waals surface area contributed by atoms with Crippen LogP contribution in [0.4, 0.5) is 0 Å². The van der Waals surface area contributed by atoms with Crippen LogP contribution in [0.5, 0.6) is 0 Å². The molecule has 0 unspecified atom stereocenters. The second kappa shape index (κ2) is 3.96. The van der Waals surface area contributed by atoms with E-state index in [4.69, 9.17) is 4.74 Å². The smallest absolute Gasteiger partial charge is 0.144 e. The van der Waals surface area contributed by atoms with Crippen LogP contribution in [-0.4, -0.2) is 27.7 Å². The van der Waals surface area contributed by atoms with Crippen LogP contribution in [0.25, 0.3) is 11.0 Å². The monoisotopic (exact) mass is 229 g/mol. The summed E-state index contributed by atoms with van der Waals surface area (Å²) in [6.07, 6.45) is 9.21. The third-order valence-corrected chi connectivity index (χ3v) is 3.39. The second-order valence-electron chi connectivity index (χ2n) is 4.38. The first-order valence-corrected chi connectivity index (χ1v) is 5.79. The molecule has 0 saturated carbocycles. The molecule has 88 valence electrons. The summed E-state index contributed by atoms with van der Waals surface area (Å²) in [5.74, 6) is 0. The highest BCUT2D eigenvalue weighted by atomic mass is 16.5. The minimum absolute atomic E-state index is 0.223. The summed E-state index contributed by atoms with van der Waals surface area (Å²) in [7, 11) is 1.75. The van der Waals surface area contributed by atoms with Gasteiger partial charge in [0.25, 0.3) is 0 Å². The van der Waals surface area contributed by atoms with Crippen LogP contribution in [0.1, 0.15) is 18.2 Å². The van der Waals surface area contributed by atoms with Crippen molar-refractivity contribution < 1.29 is 4.74 Å². The fourth-order valence-electron chi connectivity index (χ4n) is 2.39. The molecular formula is C13H15N3O. The van der Waals surface area contributed by atoms with Crippen LogP contribution in [0, 0.1) is 6.92 Å². The van der Waals surface area contributed by atoms with Crippen LogP contribution < -0.4 is 0 Å². The van der Waals surface area contributed by atoms with Crippen molar-refractivity contribution in [1.29, 1.82) is 0 Å². The van der Waals surface area contributed by atoms with Crippen molar-refractivity contribution in [3.63, 3.8) is 0 Å². The van der Waals surface area contributed by atoms with Gasteiger partial charge in [0.2, 0.25) is 0 Å². The molecule has 2 aromatic rings. The largest absolute Gasteiger partial charge is 0.377 e. The first-order chi connectivity index (χ1) is 8.29. The number of methoxy groups -OCH3 is 1. The molecule has 1 aliphatic carbocycles. The molecule has 4 heteroatoms. The summed E-state index contributed by atoms with van der Waals surface area (Å²) in [6.45, 7) is 2.01. The first kappa shape index (κ1) is 10.5. The molecule has 2 heterocycles. The Labute approximate surface area is 99.9 Å². The number of nitrogens with zero attached hydrogens (tertiary/aromatic N) is 3. The summed E-state index contributed by atoms with van der Waals surface area (Å²) in [5.41, 5.74) is 2.03. The van der Waals surface area contributed by atoms with Crippen molar-refractivity contribution in [2.24, 2.45) is 0 Å². The van der Waals surface area contributed by atoms with Gasteiger partial charge < -0.3 is 9.30 Å². The lowest BCUT2D eigenvalue weighted by atomic mass is 10.2. The van der Waals surface area contributed by atoms with E-state index >= 15 is 0 Å². The predicted molar refractivity (Wildman–Crippen MR) is 65.9 cm³/mol. The summed E-state index contributed by atoms with van der Waals surface area (Å²) in [5, 5.41) is 1.13. The molecule has 0 aromatic carbocycles. The van der Waals surface area contributed by atoms with E-state index in [1.165, 1.54) is 0 Å². The van der Waals surface area contributed by atoms with Crippen molar-refractivity contribution in [3.05, 3.63) is 36.4 Å². The third kappa shape index (κ3) is 1.65. The number of fused-ring (bicyclic) bond motifs is 1. The van der Waals surface area contributed by atoms with E-state index in [1.807, 2.05) is 6.92 Å². The van der Waals surface area contributed by atoms with Gasteiger partial charge in [0.15, 0.2) is 0 Å². The molecule has 0 spiro atoms. The maximum atomic E-state index is 5.34. The van der Waals surface area contributed by atoms with Gasteiger partial charge in [-0.15, -0.1) is 0 Å². The minimum Gasteiger partial charge on any atom is -0.377 e. The number of allylic oxidation sites excluding steroid dienone is 1. The first-order valence-electron chi connectivity index (χ1n) is 5.79. The summed E-state index contributed by atoms with van der Waals surface area (Å²) in [6, 6.07) is 2.42. The maximum absolute atomic E-state index is 5.34. The average molecular weight is 229 g/mol. The van der Waals surface area contributed by atoms with Crippen molar-refractivity contribution >= 4 is 11.0 Å². The number of aromatic nitrogens is 3. The lowest BCUT2D eigenvalue weighted by Crippen LogP contribution is -2.09. The Kier molecular flexibility index (Phi) is 2.44. The lowest BCUT2D eigenvalue weighted by molar-refractivity contribution is 0.134. The highest BCUT2D eigenvalue weighted by Crippen LogP contribution is 2.28. The quantitative estimate of drug-likeness (QED) is 0.741. The number of rotatable bonds is 2. The van der Waals surface area contributed by atoms with E-state index in [9.17, 15) is 0 Å². The fraction of sp³-hybridized carbons (Fsp3) is 0.385. The summed E-state index contributed by atoms with van der Waals surface area (Å²) < 4.78 is 7.54. The molecule has 1 aliphatic rings. The molecule has 17 heavy (non-hydrogen) atoms. The average Bonchev–Trinajstić information content (AvgIpc) is 2.94. The van der Waals surface area contributed by atoms with E-state index in [0.29, 0.717) is 6.04 Å². The zero-order valence-electron chi connectivity index (χ0n) is 10.00. The summed E-state index contributed by atoms with van der Waals surface area (Å²) in [4.78, 5) is 8.59. The topological polar surface area (TPSA) is 39.9 Å². The number of ether oxygens (including phenoxy) is 1. The van der Waals surface area contributed by atoms with E-state index in [0.717, 1.165) is 23.1 Å². The standard InChI is InChI=1S/C13H15N3O/c1-9-12-5-6-16(13(12)15-8-14-9)10-3-4-11(7-10)17-2/h3-6,8,10-11H,7H2,1-2H3/t10-,11+/m0/s1. The Morgan fingerprint density at radius 1 is 1.35 bits per heavy atom. The van der Waals surface area contributed by atoms with E-state index in [2.05, 4.69) is 39.0 Å². The molecule has 0 saturated heterocycles. The maximum Gasteiger partial charge on any atom is 0.144 e. The zero-order chi connectivity index (χ0) is 11.8. The van der Waals surface area contributed by atoms with E-state index in [1.54, 1.807) is 13.4 Å². The Balaban J connectivity index is 2.02. The van der Waals surface area contributed by atoms with Gasteiger partial charge in [0.1, 0.15) is 12.0 Å². The normalized spacial score (nSPS) is 23.6. The van der Waals surface area contributed by atoms with Gasteiger partial charge in [0.05, 0.1) is 17.8 Å². The molecular weight excluding hydrogens is 214 g/mol. The van der Waals surface area contributed by atoms with Crippen molar-refractivity contribution in [2.45, 2.75) is 25.5 Å². The second-order valence-corrected chi connectivity index (χ2v) is 4.38. The van der Waals surface area contributed by atoms with Crippen LogP contribution in [-0.2, 0) is 4.74 Å². The predicted octanol–water partition coefficient (Wildman–Crippen LogP) is 2.26. The van der Waals surface area contributed by atoms with Gasteiger partial charge in [0, 0.05) is 25.1 Å². The van der Waals surface area contributed by atoms with Crippen molar-refractivity contribution in [2.75, 3.05) is 7.11 Å². The van der Waals surface area contributed by atoms with Crippen LogP contribution in [0.3, 0.4) is 0 Å². The van der Waals surface area contributed by atoms with Crippen LogP contribution >= 0.6 is 0 Å². The fourth-order valence-corrected chi connectivity index (χ4v) is 2.39. The summed E-state index contributed by atoms with van der Waals surface area (Å²) >= 11 is 0. The van der Waals surface area contributed by atoms with Gasteiger partial charge in [-0.25, -0.2) is 9.97 Å². The van der Waals surface area contributed by atoms with Crippen LogP contribution in [0.15, 0.2) is 30.7 Å². The molecule has 0 N–H and O–H groups in total. The number of aryl methyl sites for hydroxylation is 1. The number of hydrogen-bond acceptors (Lipinski definition) is 3.